The maximum Gasteiger partial charge on any atom is 0.359 e. The van der Waals surface area contributed by atoms with Crippen molar-refractivity contribution in [2.45, 2.75) is 31.7 Å². The summed E-state index contributed by atoms with van der Waals surface area (Å²) in [5.41, 5.74) is 2.75. The number of ether oxygens (including phenoxy) is 1. The lowest BCUT2D eigenvalue weighted by atomic mass is 10.1. The lowest BCUT2D eigenvalue weighted by Gasteiger charge is -2.27. The van der Waals surface area contributed by atoms with Gasteiger partial charge < -0.3 is 10.1 Å². The monoisotopic (exact) mass is 468 g/mol. The Morgan fingerprint density at radius 3 is 2.42 bits per heavy atom. The lowest BCUT2D eigenvalue weighted by Crippen LogP contribution is -2.36. The second-order valence-corrected chi connectivity index (χ2v) is 9.47. The summed E-state index contributed by atoms with van der Waals surface area (Å²) in [5, 5.41) is 7.11. The van der Waals surface area contributed by atoms with Crippen LogP contribution in [0.3, 0.4) is 0 Å². The highest BCUT2D eigenvalue weighted by molar-refractivity contribution is 7.89. The summed E-state index contributed by atoms with van der Waals surface area (Å²) in [6.07, 6.45) is 0.389. The third-order valence-electron chi connectivity index (χ3n) is 5.30. The molecule has 1 aliphatic rings. The topological polar surface area (TPSA) is 111 Å². The summed E-state index contributed by atoms with van der Waals surface area (Å²) < 4.78 is 34.8. The SMILES string of the molecule is CCOC(=O)c1nn(-c2ccccc2)c2c1CN(S(=O)(=O)c1ccc(NC(C)=O)cc1)CC2. The minimum atomic E-state index is -3.83. The number of sulfonamides is 1. The zero-order valence-corrected chi connectivity index (χ0v) is 19.1. The molecule has 0 unspecified atom stereocenters. The van der Waals surface area contributed by atoms with Crippen molar-refractivity contribution < 1.29 is 22.7 Å². The van der Waals surface area contributed by atoms with Crippen molar-refractivity contribution in [1.29, 1.82) is 0 Å². The molecule has 2 heterocycles. The molecule has 0 atom stereocenters. The van der Waals surface area contributed by atoms with Gasteiger partial charge in [0.25, 0.3) is 0 Å². The van der Waals surface area contributed by atoms with Gasteiger partial charge in [-0.15, -0.1) is 0 Å². The van der Waals surface area contributed by atoms with Gasteiger partial charge in [-0.3, -0.25) is 4.79 Å². The van der Waals surface area contributed by atoms with Crippen LogP contribution in [0.4, 0.5) is 5.69 Å². The Morgan fingerprint density at radius 1 is 1.09 bits per heavy atom. The number of carbonyl (C=O) groups is 2. The van der Waals surface area contributed by atoms with Crippen molar-refractivity contribution in [2.75, 3.05) is 18.5 Å². The van der Waals surface area contributed by atoms with E-state index in [0.29, 0.717) is 17.7 Å². The minimum absolute atomic E-state index is 0.00605. The van der Waals surface area contributed by atoms with Crippen LogP contribution in [0.2, 0.25) is 0 Å². The molecule has 0 bridgehead atoms. The number of anilines is 1. The highest BCUT2D eigenvalue weighted by Gasteiger charge is 2.34. The molecule has 0 saturated heterocycles. The number of hydrogen-bond acceptors (Lipinski definition) is 6. The molecule has 4 rings (SSSR count). The Morgan fingerprint density at radius 2 is 1.79 bits per heavy atom. The molecule has 10 heteroatoms. The molecule has 0 radical (unpaired) electrons. The second kappa shape index (κ2) is 9.16. The fourth-order valence-electron chi connectivity index (χ4n) is 3.81. The molecule has 0 fully saturated rings. The first-order chi connectivity index (χ1) is 15.8. The number of hydrogen-bond donors (Lipinski definition) is 1. The average molecular weight is 469 g/mol. The van der Waals surface area contributed by atoms with E-state index in [2.05, 4.69) is 10.4 Å². The molecule has 172 valence electrons. The van der Waals surface area contributed by atoms with E-state index < -0.39 is 16.0 Å². The molecule has 1 N–H and O–H groups in total. The van der Waals surface area contributed by atoms with E-state index in [1.165, 1.54) is 23.4 Å². The quantitative estimate of drug-likeness (QED) is 0.557. The van der Waals surface area contributed by atoms with Crippen LogP contribution in [0.15, 0.2) is 59.5 Å². The van der Waals surface area contributed by atoms with E-state index >= 15 is 0 Å². The number of esters is 1. The molecule has 1 aromatic heterocycles. The zero-order chi connectivity index (χ0) is 23.6. The van der Waals surface area contributed by atoms with Crippen LogP contribution < -0.4 is 5.32 Å². The molecule has 1 amide bonds. The van der Waals surface area contributed by atoms with Crippen molar-refractivity contribution in [1.82, 2.24) is 14.1 Å². The summed E-state index contributed by atoms with van der Waals surface area (Å²) in [6.45, 7) is 3.52. The average Bonchev–Trinajstić information content (AvgIpc) is 3.19. The number of fused-ring (bicyclic) bond motifs is 1. The van der Waals surface area contributed by atoms with Gasteiger partial charge in [-0.2, -0.15) is 9.40 Å². The standard InChI is InChI=1S/C23H24N4O5S/c1-3-32-23(29)22-20-15-26(14-13-21(20)27(25-22)18-7-5-4-6-8-18)33(30,31)19-11-9-17(10-12-19)24-16(2)28/h4-12H,3,13-15H2,1-2H3,(H,24,28). The number of aromatic nitrogens is 2. The number of nitrogens with zero attached hydrogens (tertiary/aromatic N) is 3. The summed E-state index contributed by atoms with van der Waals surface area (Å²) in [4.78, 5) is 23.9. The van der Waals surface area contributed by atoms with Gasteiger partial charge in [0.1, 0.15) is 0 Å². The lowest BCUT2D eigenvalue weighted by molar-refractivity contribution is -0.114. The fraction of sp³-hybridized carbons (Fsp3) is 0.261. The first kappa shape index (κ1) is 22.7. The number of amides is 1. The first-order valence-electron chi connectivity index (χ1n) is 10.5. The molecule has 0 saturated carbocycles. The number of rotatable bonds is 6. The molecule has 2 aromatic carbocycles. The Bertz CT molecular complexity index is 1280. The zero-order valence-electron chi connectivity index (χ0n) is 18.3. The van der Waals surface area contributed by atoms with Crippen LogP contribution in [0.1, 0.15) is 35.6 Å². The molecule has 9 nitrogen and oxygen atoms in total. The van der Waals surface area contributed by atoms with Crippen LogP contribution in [-0.4, -0.2) is 47.5 Å². The number of benzene rings is 2. The maximum atomic E-state index is 13.3. The molecule has 1 aliphatic heterocycles. The molecule has 0 aliphatic carbocycles. The molecule has 0 spiro atoms. The van der Waals surface area contributed by atoms with Crippen molar-refractivity contribution >= 4 is 27.6 Å². The van der Waals surface area contributed by atoms with E-state index in [0.717, 1.165) is 11.4 Å². The van der Waals surface area contributed by atoms with Gasteiger partial charge in [0.15, 0.2) is 5.69 Å². The van der Waals surface area contributed by atoms with Gasteiger partial charge in [0.05, 0.1) is 22.9 Å². The van der Waals surface area contributed by atoms with Gasteiger partial charge in [0, 0.05) is 37.7 Å². The predicted octanol–water partition coefficient (Wildman–Crippen LogP) is 2.75. The Labute approximate surface area is 192 Å². The van der Waals surface area contributed by atoms with E-state index in [-0.39, 0.29) is 36.2 Å². The van der Waals surface area contributed by atoms with E-state index in [1.54, 1.807) is 23.7 Å². The predicted molar refractivity (Wildman–Crippen MR) is 122 cm³/mol. The van der Waals surface area contributed by atoms with Crippen LogP contribution in [0.25, 0.3) is 5.69 Å². The smallest absolute Gasteiger partial charge is 0.359 e. The second-order valence-electron chi connectivity index (χ2n) is 7.54. The van der Waals surface area contributed by atoms with Crippen molar-refractivity contribution in [2.24, 2.45) is 0 Å². The van der Waals surface area contributed by atoms with E-state index in [4.69, 9.17) is 4.74 Å². The maximum absolute atomic E-state index is 13.3. The van der Waals surface area contributed by atoms with Gasteiger partial charge in [-0.05, 0) is 43.3 Å². The largest absolute Gasteiger partial charge is 0.461 e. The summed E-state index contributed by atoms with van der Waals surface area (Å²) in [5.74, 6) is -0.821. The van der Waals surface area contributed by atoms with Gasteiger partial charge in [-0.25, -0.2) is 17.9 Å². The van der Waals surface area contributed by atoms with E-state index in [1.807, 2.05) is 30.3 Å². The number of carbonyl (C=O) groups excluding carboxylic acids is 2. The van der Waals surface area contributed by atoms with Gasteiger partial charge in [-0.1, -0.05) is 18.2 Å². The molecule has 3 aromatic rings. The van der Waals surface area contributed by atoms with Gasteiger partial charge >= 0.3 is 5.97 Å². The van der Waals surface area contributed by atoms with Crippen LogP contribution in [-0.2, 0) is 32.5 Å². The normalized spacial score (nSPS) is 13.9. The fourth-order valence-corrected chi connectivity index (χ4v) is 5.22. The minimum Gasteiger partial charge on any atom is -0.461 e. The van der Waals surface area contributed by atoms with Crippen LogP contribution >= 0.6 is 0 Å². The number of nitrogens with one attached hydrogen (secondary N) is 1. The van der Waals surface area contributed by atoms with Gasteiger partial charge in [0.2, 0.25) is 15.9 Å². The van der Waals surface area contributed by atoms with Crippen molar-refractivity contribution in [3.8, 4) is 5.69 Å². The third kappa shape index (κ3) is 4.53. The summed E-state index contributed by atoms with van der Waals surface area (Å²) in [7, 11) is -3.83. The highest BCUT2D eigenvalue weighted by Crippen LogP contribution is 2.30. The van der Waals surface area contributed by atoms with Crippen molar-refractivity contribution in [3.05, 3.63) is 71.5 Å². The Balaban J connectivity index is 1.69. The van der Waals surface area contributed by atoms with E-state index in [9.17, 15) is 18.0 Å². The van der Waals surface area contributed by atoms with Crippen LogP contribution in [0.5, 0.6) is 0 Å². The third-order valence-corrected chi connectivity index (χ3v) is 7.16. The Hall–Kier alpha value is -3.50. The summed E-state index contributed by atoms with van der Waals surface area (Å²) >= 11 is 0. The van der Waals surface area contributed by atoms with Crippen molar-refractivity contribution in [3.63, 3.8) is 0 Å². The highest BCUT2D eigenvalue weighted by atomic mass is 32.2. The first-order valence-corrected chi connectivity index (χ1v) is 12.0. The molecule has 33 heavy (non-hydrogen) atoms. The Kier molecular flexibility index (Phi) is 6.30. The summed E-state index contributed by atoms with van der Waals surface area (Å²) in [6, 6.07) is 15.4. The molecular formula is C23H24N4O5S. The van der Waals surface area contributed by atoms with Crippen LogP contribution in [0, 0.1) is 0 Å². The number of para-hydroxylation sites is 1. The molecular weight excluding hydrogens is 444 g/mol.